The molecule has 3 rings (SSSR count). The Morgan fingerprint density at radius 1 is 1.04 bits per heavy atom. The number of benzene rings is 2. The summed E-state index contributed by atoms with van der Waals surface area (Å²) in [6.45, 7) is 4.66. The van der Waals surface area contributed by atoms with Gasteiger partial charge in [0.2, 0.25) is 0 Å². The summed E-state index contributed by atoms with van der Waals surface area (Å²) < 4.78 is 0. The number of carbonyl (C=O) groups is 1. The maximum atomic E-state index is 12.5. The van der Waals surface area contributed by atoms with E-state index >= 15 is 0 Å². The number of H-pyrrole nitrogens is 1. The SMILES string of the molecule is CCc1ccc(-c2[nH]ncc2C(=O)NCc2ccc(C)cc2)cc1. The Bertz CT molecular complexity index is 817. The van der Waals surface area contributed by atoms with Crippen molar-refractivity contribution in [3.8, 4) is 11.3 Å². The third-order valence-electron chi connectivity index (χ3n) is 4.11. The number of amides is 1. The summed E-state index contributed by atoms with van der Waals surface area (Å²) >= 11 is 0. The molecule has 0 saturated heterocycles. The Morgan fingerprint density at radius 3 is 2.38 bits per heavy atom. The zero-order chi connectivity index (χ0) is 16.9. The number of hydrogen-bond acceptors (Lipinski definition) is 2. The molecule has 3 aromatic rings. The first kappa shape index (κ1) is 16.0. The highest BCUT2D eigenvalue weighted by Gasteiger charge is 2.15. The Kier molecular flexibility index (Phi) is 4.75. The molecule has 0 bridgehead atoms. The molecule has 0 aliphatic carbocycles. The van der Waals surface area contributed by atoms with Crippen molar-refractivity contribution in [2.75, 3.05) is 0 Å². The Morgan fingerprint density at radius 2 is 1.71 bits per heavy atom. The van der Waals surface area contributed by atoms with E-state index in [1.807, 2.05) is 43.3 Å². The summed E-state index contributed by atoms with van der Waals surface area (Å²) in [7, 11) is 0. The van der Waals surface area contributed by atoms with Gasteiger partial charge in [0, 0.05) is 12.1 Å². The van der Waals surface area contributed by atoms with Gasteiger partial charge >= 0.3 is 0 Å². The lowest BCUT2D eigenvalue weighted by Crippen LogP contribution is -2.22. The fourth-order valence-electron chi connectivity index (χ4n) is 2.57. The van der Waals surface area contributed by atoms with Crippen molar-refractivity contribution in [1.29, 1.82) is 0 Å². The maximum absolute atomic E-state index is 12.5. The van der Waals surface area contributed by atoms with Crippen LogP contribution in [0.1, 0.15) is 34.0 Å². The Hall–Kier alpha value is -2.88. The zero-order valence-corrected chi connectivity index (χ0v) is 14.0. The molecule has 0 spiro atoms. The summed E-state index contributed by atoms with van der Waals surface area (Å²) in [5.74, 6) is -0.126. The van der Waals surface area contributed by atoms with Crippen molar-refractivity contribution >= 4 is 5.91 Å². The fourth-order valence-corrected chi connectivity index (χ4v) is 2.57. The van der Waals surface area contributed by atoms with E-state index in [0.717, 1.165) is 23.2 Å². The number of carbonyl (C=O) groups excluding carboxylic acids is 1. The van der Waals surface area contributed by atoms with E-state index in [9.17, 15) is 4.79 Å². The van der Waals surface area contributed by atoms with Crippen molar-refractivity contribution in [1.82, 2.24) is 15.5 Å². The van der Waals surface area contributed by atoms with E-state index in [4.69, 9.17) is 0 Å². The quantitative estimate of drug-likeness (QED) is 0.750. The van der Waals surface area contributed by atoms with E-state index < -0.39 is 0 Å². The van der Waals surface area contributed by atoms with Gasteiger partial charge in [-0.05, 0) is 24.5 Å². The molecule has 0 saturated carbocycles. The molecule has 0 fully saturated rings. The van der Waals surface area contributed by atoms with Crippen LogP contribution in [0.25, 0.3) is 11.3 Å². The Balaban J connectivity index is 1.73. The van der Waals surface area contributed by atoms with Crippen LogP contribution in [0.3, 0.4) is 0 Å². The molecule has 1 heterocycles. The van der Waals surface area contributed by atoms with Crippen molar-refractivity contribution in [2.24, 2.45) is 0 Å². The largest absolute Gasteiger partial charge is 0.348 e. The zero-order valence-electron chi connectivity index (χ0n) is 14.0. The van der Waals surface area contributed by atoms with Crippen LogP contribution < -0.4 is 5.32 Å². The number of nitrogens with zero attached hydrogens (tertiary/aromatic N) is 1. The van der Waals surface area contributed by atoms with Gasteiger partial charge in [0.05, 0.1) is 17.5 Å². The van der Waals surface area contributed by atoms with Crippen LogP contribution in [0.4, 0.5) is 0 Å². The summed E-state index contributed by atoms with van der Waals surface area (Å²) in [5, 5.41) is 9.93. The molecule has 0 atom stereocenters. The highest BCUT2D eigenvalue weighted by Crippen LogP contribution is 2.21. The van der Waals surface area contributed by atoms with Crippen LogP contribution in [-0.2, 0) is 13.0 Å². The molecule has 0 aliphatic rings. The van der Waals surface area contributed by atoms with E-state index in [-0.39, 0.29) is 5.91 Å². The molecule has 4 nitrogen and oxygen atoms in total. The van der Waals surface area contributed by atoms with Crippen molar-refractivity contribution < 1.29 is 4.79 Å². The summed E-state index contributed by atoms with van der Waals surface area (Å²) in [4.78, 5) is 12.5. The van der Waals surface area contributed by atoms with E-state index in [0.29, 0.717) is 12.1 Å². The second kappa shape index (κ2) is 7.13. The average molecular weight is 319 g/mol. The molecule has 0 aliphatic heterocycles. The monoisotopic (exact) mass is 319 g/mol. The predicted molar refractivity (Wildman–Crippen MR) is 95.8 cm³/mol. The number of aromatic amines is 1. The lowest BCUT2D eigenvalue weighted by atomic mass is 10.0. The number of aromatic nitrogens is 2. The van der Waals surface area contributed by atoms with Gasteiger partial charge < -0.3 is 5.32 Å². The van der Waals surface area contributed by atoms with Gasteiger partial charge in [-0.3, -0.25) is 9.89 Å². The molecule has 1 aromatic heterocycles. The molecular formula is C20H21N3O. The number of aryl methyl sites for hydroxylation is 2. The first-order valence-electron chi connectivity index (χ1n) is 8.14. The second-order valence-electron chi connectivity index (χ2n) is 5.88. The first-order valence-corrected chi connectivity index (χ1v) is 8.14. The predicted octanol–water partition coefficient (Wildman–Crippen LogP) is 3.88. The normalized spacial score (nSPS) is 10.6. The molecule has 1 amide bonds. The standard InChI is InChI=1S/C20H21N3O/c1-3-15-8-10-17(11-9-15)19-18(13-22-23-19)20(24)21-12-16-6-4-14(2)5-7-16/h4-11,13H,3,12H2,1-2H3,(H,21,24)(H,22,23). The topological polar surface area (TPSA) is 57.8 Å². The number of hydrogen-bond donors (Lipinski definition) is 2. The van der Waals surface area contributed by atoms with Crippen LogP contribution in [0.2, 0.25) is 0 Å². The molecule has 4 heteroatoms. The molecular weight excluding hydrogens is 298 g/mol. The summed E-state index contributed by atoms with van der Waals surface area (Å²) in [6.07, 6.45) is 2.57. The van der Waals surface area contributed by atoms with Crippen LogP contribution in [0.15, 0.2) is 54.7 Å². The molecule has 2 aromatic carbocycles. The summed E-state index contributed by atoms with van der Waals surface area (Å²) in [5.41, 5.74) is 5.82. The van der Waals surface area contributed by atoms with Crippen LogP contribution >= 0.6 is 0 Å². The highest BCUT2D eigenvalue weighted by atomic mass is 16.1. The van der Waals surface area contributed by atoms with Gasteiger partial charge in [-0.2, -0.15) is 5.10 Å². The van der Waals surface area contributed by atoms with E-state index in [1.54, 1.807) is 6.20 Å². The van der Waals surface area contributed by atoms with Crippen LogP contribution in [-0.4, -0.2) is 16.1 Å². The fraction of sp³-hybridized carbons (Fsp3) is 0.200. The number of nitrogens with one attached hydrogen (secondary N) is 2. The first-order chi connectivity index (χ1) is 11.7. The average Bonchev–Trinajstić information content (AvgIpc) is 3.11. The highest BCUT2D eigenvalue weighted by molar-refractivity contribution is 5.99. The minimum Gasteiger partial charge on any atom is -0.348 e. The third kappa shape index (κ3) is 3.54. The van der Waals surface area contributed by atoms with Crippen molar-refractivity contribution in [2.45, 2.75) is 26.8 Å². The lowest BCUT2D eigenvalue weighted by molar-refractivity contribution is 0.0951. The van der Waals surface area contributed by atoms with Gasteiger partial charge in [0.25, 0.3) is 5.91 Å². The molecule has 24 heavy (non-hydrogen) atoms. The molecule has 122 valence electrons. The smallest absolute Gasteiger partial charge is 0.255 e. The molecule has 0 unspecified atom stereocenters. The van der Waals surface area contributed by atoms with Gasteiger partial charge in [0.1, 0.15) is 0 Å². The van der Waals surface area contributed by atoms with Crippen LogP contribution in [0, 0.1) is 6.92 Å². The van der Waals surface area contributed by atoms with Gasteiger partial charge in [-0.25, -0.2) is 0 Å². The Labute approximate surface area is 141 Å². The lowest BCUT2D eigenvalue weighted by Gasteiger charge is -2.07. The maximum Gasteiger partial charge on any atom is 0.255 e. The molecule has 2 N–H and O–H groups in total. The van der Waals surface area contributed by atoms with Gasteiger partial charge in [-0.15, -0.1) is 0 Å². The second-order valence-corrected chi connectivity index (χ2v) is 5.88. The van der Waals surface area contributed by atoms with Crippen LogP contribution in [0.5, 0.6) is 0 Å². The van der Waals surface area contributed by atoms with Crippen molar-refractivity contribution in [3.63, 3.8) is 0 Å². The van der Waals surface area contributed by atoms with E-state index in [2.05, 4.69) is 34.6 Å². The van der Waals surface area contributed by atoms with E-state index in [1.165, 1.54) is 11.1 Å². The number of rotatable bonds is 5. The van der Waals surface area contributed by atoms with Gasteiger partial charge in [0.15, 0.2) is 0 Å². The summed E-state index contributed by atoms with van der Waals surface area (Å²) in [6, 6.07) is 16.3. The minimum atomic E-state index is -0.126. The molecule has 0 radical (unpaired) electrons. The minimum absolute atomic E-state index is 0.126. The van der Waals surface area contributed by atoms with Crippen molar-refractivity contribution in [3.05, 3.63) is 77.0 Å². The third-order valence-corrected chi connectivity index (χ3v) is 4.11. The van der Waals surface area contributed by atoms with Gasteiger partial charge in [-0.1, -0.05) is 61.0 Å².